The van der Waals surface area contributed by atoms with Gasteiger partial charge in [0, 0.05) is 48.3 Å². The van der Waals surface area contributed by atoms with Crippen molar-refractivity contribution in [3.63, 3.8) is 0 Å². The van der Waals surface area contributed by atoms with E-state index < -0.39 is 0 Å². The largest absolute Gasteiger partial charge is 0.373 e. The second kappa shape index (κ2) is 24.4. The van der Waals surface area contributed by atoms with Crippen molar-refractivity contribution < 1.29 is 23.7 Å². The number of hydrogen-bond donors (Lipinski definition) is 0. The first kappa shape index (κ1) is 59.5. The Kier molecular flexibility index (Phi) is 17.2. The summed E-state index contributed by atoms with van der Waals surface area (Å²) in [6.07, 6.45) is 19.9. The van der Waals surface area contributed by atoms with E-state index in [4.69, 9.17) is 23.7 Å². The molecule has 0 spiro atoms. The van der Waals surface area contributed by atoms with Crippen LogP contribution in [0.3, 0.4) is 0 Å². The van der Waals surface area contributed by atoms with Crippen LogP contribution in [0.15, 0.2) is 103 Å². The van der Waals surface area contributed by atoms with Gasteiger partial charge in [-0.15, -0.1) is 0 Å². The van der Waals surface area contributed by atoms with E-state index in [9.17, 15) is 0 Å². The molecular weight excluding hydrogens is 1030 g/mol. The summed E-state index contributed by atoms with van der Waals surface area (Å²) in [5.74, 6) is 0.719. The zero-order valence-corrected chi connectivity index (χ0v) is 53.4. The van der Waals surface area contributed by atoms with E-state index in [2.05, 4.69) is 179 Å². The zero-order chi connectivity index (χ0) is 58.5. The third-order valence-corrected chi connectivity index (χ3v) is 21.3. The van der Waals surface area contributed by atoms with Crippen LogP contribution in [0.4, 0.5) is 0 Å². The molecule has 0 radical (unpaired) electrons. The molecule has 8 unspecified atom stereocenters. The molecule has 8 atom stereocenters. The highest BCUT2D eigenvalue weighted by Crippen LogP contribution is 2.53. The van der Waals surface area contributed by atoms with E-state index in [0.717, 1.165) is 129 Å². The van der Waals surface area contributed by atoms with Gasteiger partial charge in [0.05, 0.1) is 63.6 Å². The number of fused-ring (bicyclic) bond motifs is 1. The maximum atomic E-state index is 6.20. The molecule has 5 heterocycles. The van der Waals surface area contributed by atoms with E-state index >= 15 is 0 Å². The first-order valence-electron chi connectivity index (χ1n) is 33.4. The molecule has 0 amide bonds. The standard InChI is InChI=1S/C76H92O5.C3H8/c1-10-14-52-35-60(74(7,11-2)57-23-17-48(18-24-57)29-62-43-77-62)38-55(68(52)40-65-46-80-65)33-53-36-61(75(8,12-3)58-25-19-49(20-26-58)30-63-44-78-63)37-54(67(53)32-51-15-16-51)34-56-39-71(70-42-73(5,6)72(70)69(56)41-66-47-81-66)76(9,13-4)59-27-21-50(22-28-59)31-64-45-79-64;1-3-2/h17-28,35-39,51,62-66H,10-16,29-34,40-47H2,1-9H3;3H2,1-2H3. The summed E-state index contributed by atoms with van der Waals surface area (Å²) in [5, 5.41) is 0. The monoisotopic (exact) mass is 1130 g/mol. The minimum Gasteiger partial charge on any atom is -0.373 e. The Balaban J connectivity index is 0.00000227. The van der Waals surface area contributed by atoms with Crippen molar-refractivity contribution in [3.8, 4) is 0 Å². The summed E-state index contributed by atoms with van der Waals surface area (Å²) >= 11 is 0. The molecule has 0 bridgehead atoms. The average Bonchev–Trinajstić information content (AvgIpc) is 1.36. The topological polar surface area (TPSA) is 62.6 Å². The van der Waals surface area contributed by atoms with Crippen LogP contribution in [0.1, 0.15) is 227 Å². The number of ether oxygens (including phenoxy) is 5. The first-order valence-corrected chi connectivity index (χ1v) is 33.4. The van der Waals surface area contributed by atoms with Gasteiger partial charge in [-0.1, -0.05) is 192 Å². The smallest absolute Gasteiger partial charge is 0.0850 e. The lowest BCUT2D eigenvalue weighted by atomic mass is 9.58. The van der Waals surface area contributed by atoms with Gasteiger partial charge in [-0.3, -0.25) is 0 Å². The predicted octanol–water partition coefficient (Wildman–Crippen LogP) is 16.9. The van der Waals surface area contributed by atoms with Gasteiger partial charge >= 0.3 is 0 Å². The molecule has 84 heavy (non-hydrogen) atoms. The fourth-order valence-electron chi connectivity index (χ4n) is 14.8. The molecule has 6 aromatic rings. The third kappa shape index (κ3) is 12.9. The molecule has 6 fully saturated rings. The quantitative estimate of drug-likeness (QED) is 0.0481. The predicted molar refractivity (Wildman–Crippen MR) is 345 cm³/mol. The van der Waals surface area contributed by atoms with E-state index in [1.54, 1.807) is 27.8 Å². The van der Waals surface area contributed by atoms with Crippen LogP contribution >= 0.6 is 0 Å². The van der Waals surface area contributed by atoms with Crippen molar-refractivity contribution in [3.05, 3.63) is 209 Å². The third-order valence-electron chi connectivity index (χ3n) is 21.3. The molecule has 7 aliphatic rings. The van der Waals surface area contributed by atoms with Crippen LogP contribution in [-0.2, 0) is 110 Å². The second-order valence-corrected chi connectivity index (χ2v) is 28.4. The Morgan fingerprint density at radius 1 is 0.417 bits per heavy atom. The molecule has 5 heteroatoms. The van der Waals surface area contributed by atoms with Crippen LogP contribution in [0.5, 0.6) is 0 Å². The Morgan fingerprint density at radius 3 is 1.12 bits per heavy atom. The molecule has 6 aromatic carbocycles. The van der Waals surface area contributed by atoms with E-state index in [1.165, 1.54) is 97.2 Å². The molecule has 446 valence electrons. The molecule has 0 N–H and O–H groups in total. The van der Waals surface area contributed by atoms with Gasteiger partial charge in [0.15, 0.2) is 0 Å². The van der Waals surface area contributed by atoms with Crippen molar-refractivity contribution >= 4 is 0 Å². The van der Waals surface area contributed by atoms with Gasteiger partial charge in [0.2, 0.25) is 0 Å². The molecule has 1 saturated carbocycles. The second-order valence-electron chi connectivity index (χ2n) is 28.4. The van der Waals surface area contributed by atoms with Gasteiger partial charge in [-0.05, 0) is 181 Å². The fourth-order valence-corrected chi connectivity index (χ4v) is 14.8. The summed E-state index contributed by atoms with van der Waals surface area (Å²) in [6.45, 7) is 30.9. The van der Waals surface area contributed by atoms with Crippen molar-refractivity contribution in [2.75, 3.05) is 33.0 Å². The number of rotatable bonds is 27. The van der Waals surface area contributed by atoms with Crippen LogP contribution in [0.2, 0.25) is 0 Å². The highest BCUT2D eigenvalue weighted by Gasteiger charge is 2.45. The maximum Gasteiger partial charge on any atom is 0.0850 e. The Morgan fingerprint density at radius 2 is 0.762 bits per heavy atom. The summed E-state index contributed by atoms with van der Waals surface area (Å²) in [6, 6.07) is 42.4. The summed E-state index contributed by atoms with van der Waals surface area (Å²) in [5.41, 5.74) is 27.9. The first-order chi connectivity index (χ1) is 40.6. The van der Waals surface area contributed by atoms with E-state index in [-0.39, 0.29) is 21.7 Å². The Bertz CT molecular complexity index is 3270. The van der Waals surface area contributed by atoms with E-state index in [0.29, 0.717) is 30.5 Å². The highest BCUT2D eigenvalue weighted by molar-refractivity contribution is 5.62. The molecule has 13 rings (SSSR count). The fraction of sp³-hybridized carbons (Fsp3) is 0.544. The molecule has 5 aliphatic heterocycles. The summed E-state index contributed by atoms with van der Waals surface area (Å²) in [7, 11) is 0. The lowest BCUT2D eigenvalue weighted by Crippen LogP contribution is -2.39. The van der Waals surface area contributed by atoms with Gasteiger partial charge in [0.1, 0.15) is 0 Å². The molecule has 0 aromatic heterocycles. The minimum absolute atomic E-state index is 0.0962. The number of epoxide rings is 5. The molecule has 5 nitrogen and oxygen atoms in total. The van der Waals surface area contributed by atoms with Crippen LogP contribution in [0, 0.1) is 5.92 Å². The molecule has 2 aliphatic carbocycles. The van der Waals surface area contributed by atoms with Crippen molar-refractivity contribution in [1.29, 1.82) is 0 Å². The number of aryl methyl sites for hydroxylation is 1. The molecule has 5 saturated heterocycles. The van der Waals surface area contributed by atoms with Gasteiger partial charge < -0.3 is 23.7 Å². The van der Waals surface area contributed by atoms with Crippen LogP contribution < -0.4 is 0 Å². The van der Waals surface area contributed by atoms with Crippen LogP contribution in [0.25, 0.3) is 0 Å². The Labute approximate surface area is 506 Å². The zero-order valence-electron chi connectivity index (χ0n) is 53.4. The summed E-state index contributed by atoms with van der Waals surface area (Å²) in [4.78, 5) is 0. The van der Waals surface area contributed by atoms with Crippen molar-refractivity contribution in [1.82, 2.24) is 0 Å². The minimum atomic E-state index is -0.203. The van der Waals surface area contributed by atoms with Gasteiger partial charge in [-0.25, -0.2) is 0 Å². The van der Waals surface area contributed by atoms with Crippen molar-refractivity contribution in [2.24, 2.45) is 5.92 Å². The normalized spacial score (nSPS) is 23.4. The summed E-state index contributed by atoms with van der Waals surface area (Å²) < 4.78 is 29.4. The Hall–Kier alpha value is -4.88. The van der Waals surface area contributed by atoms with Crippen LogP contribution in [-0.4, -0.2) is 63.6 Å². The van der Waals surface area contributed by atoms with E-state index in [1.807, 2.05) is 0 Å². The van der Waals surface area contributed by atoms with Gasteiger partial charge in [0.25, 0.3) is 0 Å². The average molecular weight is 1130 g/mol. The molecular formula is C79H100O5. The van der Waals surface area contributed by atoms with Gasteiger partial charge in [-0.2, -0.15) is 0 Å². The highest BCUT2D eigenvalue weighted by atomic mass is 16.6. The SMILES string of the molecule is CCC.CCCc1cc(C(C)(CC)c2ccc(CC3CO3)cc2)cc(Cc2cc(C(C)(CC)c3ccc(CC4CO4)cc3)cc(Cc3cc(C(C)(CC)c4ccc(CC5CO5)cc4)c4c(c3CC3CO3)C(C)(C)C4)c2CC2CC2)c1CC1CO1. The number of hydrogen-bond acceptors (Lipinski definition) is 5. The lowest BCUT2D eigenvalue weighted by Gasteiger charge is -2.46. The van der Waals surface area contributed by atoms with Crippen molar-refractivity contribution in [2.45, 2.75) is 237 Å². The number of benzene rings is 6. The lowest BCUT2D eigenvalue weighted by molar-refractivity contribution is 0.396. The maximum absolute atomic E-state index is 6.20.